The third-order valence-corrected chi connectivity index (χ3v) is 4.46. The summed E-state index contributed by atoms with van der Waals surface area (Å²) in [6.07, 6.45) is 5.68. The van der Waals surface area contributed by atoms with Crippen molar-refractivity contribution >= 4 is 5.91 Å². The molecule has 0 radical (unpaired) electrons. The van der Waals surface area contributed by atoms with Gasteiger partial charge in [-0.2, -0.15) is 0 Å². The van der Waals surface area contributed by atoms with Crippen LogP contribution in [0.2, 0.25) is 0 Å². The van der Waals surface area contributed by atoms with Gasteiger partial charge in [0.05, 0.1) is 6.20 Å². The first-order valence-electron chi connectivity index (χ1n) is 7.30. The molecule has 1 atom stereocenters. The summed E-state index contributed by atoms with van der Waals surface area (Å²) in [5.41, 5.74) is 0.568. The highest BCUT2D eigenvalue weighted by Crippen LogP contribution is 2.36. The van der Waals surface area contributed by atoms with E-state index in [-0.39, 0.29) is 11.3 Å². The second-order valence-corrected chi connectivity index (χ2v) is 5.97. The number of nitrogens with zero attached hydrogens (tertiary/aromatic N) is 2. The van der Waals surface area contributed by atoms with E-state index in [1.807, 2.05) is 4.90 Å². The number of likely N-dealkylation sites (tertiary alicyclic amines) is 1. The molecule has 1 N–H and O–H groups in total. The van der Waals surface area contributed by atoms with E-state index in [1.165, 1.54) is 31.4 Å². The van der Waals surface area contributed by atoms with Crippen molar-refractivity contribution in [2.45, 2.75) is 25.7 Å². The van der Waals surface area contributed by atoms with Gasteiger partial charge in [-0.1, -0.05) is 0 Å². The molecular weight excluding hydrogens is 257 g/mol. The van der Waals surface area contributed by atoms with Gasteiger partial charge in [0, 0.05) is 25.0 Å². The lowest BCUT2D eigenvalue weighted by atomic mass is 9.74. The number of amides is 1. The summed E-state index contributed by atoms with van der Waals surface area (Å²) in [7, 11) is 0. The Kier molecular flexibility index (Phi) is 3.70. The molecule has 0 aromatic carbocycles. The Morgan fingerprint density at radius 1 is 1.35 bits per heavy atom. The van der Waals surface area contributed by atoms with Crippen molar-refractivity contribution < 1.29 is 9.18 Å². The Balaban J connectivity index is 1.73. The number of rotatable bonds is 1. The molecule has 0 bridgehead atoms. The molecule has 20 heavy (non-hydrogen) atoms. The third-order valence-electron chi connectivity index (χ3n) is 4.46. The van der Waals surface area contributed by atoms with Gasteiger partial charge in [0.25, 0.3) is 5.91 Å². The molecule has 1 amide bonds. The molecule has 2 aliphatic rings. The fraction of sp³-hybridized carbons (Fsp3) is 0.600. The van der Waals surface area contributed by atoms with Crippen molar-refractivity contribution in [3.8, 4) is 0 Å². The Morgan fingerprint density at radius 3 is 2.90 bits per heavy atom. The second-order valence-electron chi connectivity index (χ2n) is 5.97. The Morgan fingerprint density at radius 2 is 2.20 bits per heavy atom. The summed E-state index contributed by atoms with van der Waals surface area (Å²) in [5, 5.41) is 3.45. The van der Waals surface area contributed by atoms with E-state index in [4.69, 9.17) is 0 Å². The van der Waals surface area contributed by atoms with E-state index in [1.54, 1.807) is 0 Å². The van der Waals surface area contributed by atoms with Crippen LogP contribution in [0.1, 0.15) is 36.2 Å². The van der Waals surface area contributed by atoms with E-state index in [0.29, 0.717) is 5.69 Å². The normalized spacial score (nSPS) is 26.8. The van der Waals surface area contributed by atoms with E-state index < -0.39 is 5.82 Å². The average Bonchev–Trinajstić information content (AvgIpc) is 2.48. The van der Waals surface area contributed by atoms with Gasteiger partial charge in [0.2, 0.25) is 0 Å². The van der Waals surface area contributed by atoms with E-state index in [0.717, 1.165) is 38.8 Å². The minimum Gasteiger partial charge on any atom is -0.337 e. The van der Waals surface area contributed by atoms with E-state index in [9.17, 15) is 9.18 Å². The van der Waals surface area contributed by atoms with Gasteiger partial charge in [-0.3, -0.25) is 4.79 Å². The number of carbonyl (C=O) groups excluding carboxylic acids is 1. The Hall–Kier alpha value is -1.49. The average molecular weight is 277 g/mol. The summed E-state index contributed by atoms with van der Waals surface area (Å²) in [5.74, 6) is -0.484. The second kappa shape index (κ2) is 5.48. The van der Waals surface area contributed by atoms with Gasteiger partial charge in [-0.15, -0.1) is 0 Å². The highest BCUT2D eigenvalue weighted by Gasteiger charge is 2.38. The van der Waals surface area contributed by atoms with Crippen LogP contribution in [0.5, 0.6) is 0 Å². The predicted octanol–water partition coefficient (Wildman–Crippen LogP) is 1.83. The molecule has 1 spiro atoms. The zero-order valence-corrected chi connectivity index (χ0v) is 11.6. The Bertz CT molecular complexity index is 477. The van der Waals surface area contributed by atoms with Gasteiger partial charge >= 0.3 is 0 Å². The third kappa shape index (κ3) is 2.68. The van der Waals surface area contributed by atoms with E-state index >= 15 is 0 Å². The molecule has 3 rings (SSSR count). The SMILES string of the molecule is O=C(c1ccc(F)cn1)N1CCCC2(CCCNC2)C1. The quantitative estimate of drug-likeness (QED) is 0.851. The van der Waals surface area contributed by atoms with Crippen molar-refractivity contribution in [3.63, 3.8) is 0 Å². The molecule has 2 saturated heterocycles. The van der Waals surface area contributed by atoms with Crippen LogP contribution < -0.4 is 5.32 Å². The number of hydrogen-bond donors (Lipinski definition) is 1. The maximum atomic E-state index is 12.9. The van der Waals surface area contributed by atoms with Gasteiger partial charge in [0.1, 0.15) is 11.5 Å². The summed E-state index contributed by atoms with van der Waals surface area (Å²) in [4.78, 5) is 18.2. The van der Waals surface area contributed by atoms with Gasteiger partial charge < -0.3 is 10.2 Å². The fourth-order valence-corrected chi connectivity index (χ4v) is 3.42. The zero-order valence-electron chi connectivity index (χ0n) is 11.6. The standard InChI is InChI=1S/C15H20FN3O/c16-12-3-4-13(18-9-12)14(20)19-8-2-6-15(11-19)5-1-7-17-10-15/h3-4,9,17H,1-2,5-8,10-11H2. The molecule has 0 aliphatic carbocycles. The molecule has 0 saturated carbocycles. The monoisotopic (exact) mass is 277 g/mol. The van der Waals surface area contributed by atoms with Gasteiger partial charge in [0.15, 0.2) is 0 Å². The number of halogens is 1. The summed E-state index contributed by atoms with van der Waals surface area (Å²) >= 11 is 0. The van der Waals surface area contributed by atoms with Crippen molar-refractivity contribution in [3.05, 3.63) is 29.8 Å². The first-order chi connectivity index (χ1) is 9.69. The number of nitrogens with one attached hydrogen (secondary N) is 1. The number of piperidine rings is 2. The molecule has 1 unspecified atom stereocenters. The van der Waals surface area contributed by atoms with Crippen LogP contribution in [-0.2, 0) is 0 Å². The highest BCUT2D eigenvalue weighted by atomic mass is 19.1. The van der Waals surface area contributed by atoms with Crippen molar-refractivity contribution in [1.82, 2.24) is 15.2 Å². The molecule has 1 aromatic rings. The van der Waals surface area contributed by atoms with Crippen LogP contribution in [0.25, 0.3) is 0 Å². The highest BCUT2D eigenvalue weighted by molar-refractivity contribution is 5.92. The maximum Gasteiger partial charge on any atom is 0.272 e. The molecule has 5 heteroatoms. The zero-order chi connectivity index (χ0) is 14.0. The van der Waals surface area contributed by atoms with Crippen LogP contribution in [0.4, 0.5) is 4.39 Å². The topological polar surface area (TPSA) is 45.2 Å². The molecule has 108 valence electrons. The lowest BCUT2D eigenvalue weighted by Gasteiger charge is -2.45. The maximum absolute atomic E-state index is 12.9. The van der Waals surface area contributed by atoms with Crippen LogP contribution >= 0.6 is 0 Å². The minimum absolute atomic E-state index is 0.0744. The summed E-state index contributed by atoms with van der Waals surface area (Å²) < 4.78 is 12.9. The van der Waals surface area contributed by atoms with Crippen LogP contribution in [0.15, 0.2) is 18.3 Å². The van der Waals surface area contributed by atoms with Crippen molar-refractivity contribution in [1.29, 1.82) is 0 Å². The van der Waals surface area contributed by atoms with Gasteiger partial charge in [-0.25, -0.2) is 9.37 Å². The summed E-state index contributed by atoms with van der Waals surface area (Å²) in [6.45, 7) is 3.64. The van der Waals surface area contributed by atoms with Gasteiger partial charge in [-0.05, 0) is 44.4 Å². The molecule has 1 aromatic heterocycles. The molecule has 4 nitrogen and oxygen atoms in total. The lowest BCUT2D eigenvalue weighted by Crippen LogP contribution is -2.52. The fourth-order valence-electron chi connectivity index (χ4n) is 3.42. The van der Waals surface area contributed by atoms with Crippen LogP contribution in [0.3, 0.4) is 0 Å². The minimum atomic E-state index is -0.409. The van der Waals surface area contributed by atoms with Crippen molar-refractivity contribution in [2.75, 3.05) is 26.2 Å². The molecule has 2 fully saturated rings. The van der Waals surface area contributed by atoms with Crippen LogP contribution in [-0.4, -0.2) is 42.0 Å². The molecule has 2 aliphatic heterocycles. The molecular formula is C15H20FN3O. The predicted molar refractivity (Wildman–Crippen MR) is 73.9 cm³/mol. The number of pyridine rings is 1. The largest absolute Gasteiger partial charge is 0.337 e. The smallest absolute Gasteiger partial charge is 0.272 e. The lowest BCUT2D eigenvalue weighted by molar-refractivity contribution is 0.0429. The summed E-state index contributed by atoms with van der Waals surface area (Å²) in [6, 6.07) is 2.76. The number of hydrogen-bond acceptors (Lipinski definition) is 3. The molecule has 3 heterocycles. The first-order valence-corrected chi connectivity index (χ1v) is 7.30. The Labute approximate surface area is 118 Å². The van der Waals surface area contributed by atoms with E-state index in [2.05, 4.69) is 10.3 Å². The number of carbonyl (C=O) groups is 1. The van der Waals surface area contributed by atoms with Crippen LogP contribution in [0, 0.1) is 11.2 Å². The number of aromatic nitrogens is 1. The first kappa shape index (κ1) is 13.5. The van der Waals surface area contributed by atoms with Crippen molar-refractivity contribution in [2.24, 2.45) is 5.41 Å².